The summed E-state index contributed by atoms with van der Waals surface area (Å²) in [6, 6.07) is 4.31. The number of quaternary nitrogens is 1. The number of nitro benzene ring substituents is 1. The number of carbonyl (C=O) groups is 2. The Kier molecular flexibility index (Phi) is 4.62. The van der Waals surface area contributed by atoms with Crippen molar-refractivity contribution in [2.75, 3.05) is 38.1 Å². The Morgan fingerprint density at radius 3 is 2.93 bits per heavy atom. The quantitative estimate of drug-likeness (QED) is 0.222. The Morgan fingerprint density at radius 1 is 1.48 bits per heavy atom. The van der Waals surface area contributed by atoms with Crippen LogP contribution < -0.4 is 15.1 Å². The minimum absolute atomic E-state index is 0.0563. The van der Waals surface area contributed by atoms with Crippen LogP contribution in [0.15, 0.2) is 30.9 Å². The number of rotatable bonds is 3. The van der Waals surface area contributed by atoms with Gasteiger partial charge in [-0.2, -0.15) is 0 Å². The Hall–Kier alpha value is -2.85. The van der Waals surface area contributed by atoms with Gasteiger partial charge in [-0.1, -0.05) is 6.08 Å². The Bertz CT molecular complexity index is 951. The van der Waals surface area contributed by atoms with Gasteiger partial charge in [0.2, 0.25) is 11.8 Å². The fourth-order valence-electron chi connectivity index (χ4n) is 4.71. The van der Waals surface area contributed by atoms with Crippen LogP contribution in [0.25, 0.3) is 0 Å². The van der Waals surface area contributed by atoms with Gasteiger partial charge < -0.3 is 15.1 Å². The van der Waals surface area contributed by atoms with Crippen molar-refractivity contribution in [3.8, 4) is 0 Å². The van der Waals surface area contributed by atoms with Crippen LogP contribution in [0.5, 0.6) is 0 Å². The third kappa shape index (κ3) is 2.82. The highest BCUT2D eigenvalue weighted by Gasteiger charge is 2.63. The first-order valence-electron chi connectivity index (χ1n) is 9.43. The molecule has 2 fully saturated rings. The maximum Gasteiger partial charge on any atom is 0.269 e. The van der Waals surface area contributed by atoms with Crippen molar-refractivity contribution in [1.29, 1.82) is 0 Å². The Morgan fingerprint density at radius 2 is 2.24 bits per heavy atom. The van der Waals surface area contributed by atoms with E-state index in [1.165, 1.54) is 21.9 Å². The van der Waals surface area contributed by atoms with E-state index in [0.717, 1.165) is 12.2 Å². The topological polar surface area (TPSA) is 100 Å². The van der Waals surface area contributed by atoms with Crippen molar-refractivity contribution in [1.82, 2.24) is 10.2 Å². The second-order valence-electron chi connectivity index (χ2n) is 7.80. The summed E-state index contributed by atoms with van der Waals surface area (Å²) >= 11 is 5.22. The second-order valence-corrected chi connectivity index (χ2v) is 8.19. The number of hydrogen-bond acceptors (Lipinski definition) is 6. The lowest BCUT2D eigenvalue weighted by Gasteiger charge is -2.53. The summed E-state index contributed by atoms with van der Waals surface area (Å²) in [7, 11) is 2.04. The number of piperazine rings is 1. The molecule has 2 N–H and O–H groups in total. The van der Waals surface area contributed by atoms with E-state index >= 15 is 0 Å². The van der Waals surface area contributed by atoms with E-state index in [0.29, 0.717) is 18.7 Å². The highest BCUT2D eigenvalue weighted by Crippen LogP contribution is 2.45. The van der Waals surface area contributed by atoms with Gasteiger partial charge in [0.15, 0.2) is 10.5 Å². The smallest absolute Gasteiger partial charge is 0.269 e. The molecule has 1 aromatic rings. The third-order valence-electron chi connectivity index (χ3n) is 6.13. The number of nitro groups is 1. The molecule has 10 heteroatoms. The molecule has 3 aliphatic heterocycles. The molecule has 0 aliphatic carbocycles. The number of amides is 2. The van der Waals surface area contributed by atoms with Gasteiger partial charge in [-0.05, 0) is 23.8 Å². The zero-order chi connectivity index (χ0) is 20.9. The Balaban J connectivity index is 1.89. The molecule has 1 aromatic carbocycles. The predicted molar refractivity (Wildman–Crippen MR) is 110 cm³/mol. The number of anilines is 1. The molecule has 3 atom stereocenters. The molecule has 2 amide bonds. The summed E-state index contributed by atoms with van der Waals surface area (Å²) in [4.78, 5) is 42.4. The SMILES string of the molecule is C=CCN1C(=O)[C@@]2(Cc3cc([N+](=O)[O-])ccc3N3CC[NH+](C)C[C@H]32)C(=O)NC1=S. The average Bonchev–Trinajstić information content (AvgIpc) is 2.68. The van der Waals surface area contributed by atoms with Gasteiger partial charge in [0, 0.05) is 30.8 Å². The number of nitrogens with zero attached hydrogens (tertiary/aromatic N) is 3. The molecule has 0 radical (unpaired) electrons. The van der Waals surface area contributed by atoms with E-state index in [2.05, 4.69) is 16.8 Å². The van der Waals surface area contributed by atoms with Gasteiger partial charge in [0.1, 0.15) is 6.04 Å². The van der Waals surface area contributed by atoms with Crippen molar-refractivity contribution >= 4 is 40.5 Å². The molecule has 0 saturated carbocycles. The van der Waals surface area contributed by atoms with E-state index in [1.807, 2.05) is 7.05 Å². The minimum Gasteiger partial charge on any atom is -0.355 e. The van der Waals surface area contributed by atoms with Gasteiger partial charge in [-0.25, -0.2) is 0 Å². The van der Waals surface area contributed by atoms with Crippen LogP contribution in [0, 0.1) is 15.5 Å². The van der Waals surface area contributed by atoms with E-state index in [4.69, 9.17) is 12.2 Å². The fraction of sp³-hybridized carbons (Fsp3) is 0.421. The molecule has 2 saturated heterocycles. The summed E-state index contributed by atoms with van der Waals surface area (Å²) in [5.41, 5.74) is 0.0294. The first-order chi connectivity index (χ1) is 13.8. The molecule has 29 heavy (non-hydrogen) atoms. The number of fused-ring (bicyclic) bond motifs is 4. The highest BCUT2D eigenvalue weighted by molar-refractivity contribution is 7.80. The largest absolute Gasteiger partial charge is 0.355 e. The summed E-state index contributed by atoms with van der Waals surface area (Å²) in [5.74, 6) is -0.803. The molecule has 3 heterocycles. The van der Waals surface area contributed by atoms with Crippen LogP contribution in [0.2, 0.25) is 0 Å². The number of non-ortho nitro benzene ring substituents is 1. The third-order valence-corrected chi connectivity index (χ3v) is 6.45. The van der Waals surface area contributed by atoms with E-state index in [9.17, 15) is 19.7 Å². The maximum atomic E-state index is 13.7. The molecular formula is C19H22N5O4S+. The van der Waals surface area contributed by atoms with E-state index < -0.39 is 16.2 Å². The summed E-state index contributed by atoms with van der Waals surface area (Å²) in [5, 5.41) is 14.1. The lowest BCUT2D eigenvalue weighted by Crippen LogP contribution is -3.14. The highest BCUT2D eigenvalue weighted by atomic mass is 32.1. The van der Waals surface area contributed by atoms with Gasteiger partial charge >= 0.3 is 0 Å². The molecule has 1 unspecified atom stereocenters. The molecule has 9 nitrogen and oxygen atoms in total. The molecule has 0 bridgehead atoms. The second kappa shape index (κ2) is 6.89. The zero-order valence-corrected chi connectivity index (χ0v) is 16.8. The number of hydrogen-bond donors (Lipinski definition) is 2. The average molecular weight is 416 g/mol. The van der Waals surface area contributed by atoms with Crippen LogP contribution in [-0.4, -0.2) is 66.0 Å². The van der Waals surface area contributed by atoms with Crippen molar-refractivity contribution in [3.63, 3.8) is 0 Å². The van der Waals surface area contributed by atoms with Crippen LogP contribution in [0.4, 0.5) is 11.4 Å². The van der Waals surface area contributed by atoms with Gasteiger partial charge in [0.25, 0.3) is 5.69 Å². The number of thiocarbonyl (C=S) groups is 1. The summed E-state index contributed by atoms with van der Waals surface area (Å²) in [6.07, 6.45) is 1.66. The monoisotopic (exact) mass is 416 g/mol. The lowest BCUT2D eigenvalue weighted by atomic mass is 9.67. The molecule has 0 aromatic heterocycles. The number of likely N-dealkylation sites (N-methyl/N-ethyl adjacent to an activating group) is 1. The molecule has 3 aliphatic rings. The minimum atomic E-state index is -1.39. The molecule has 152 valence electrons. The maximum absolute atomic E-state index is 13.7. The summed E-state index contributed by atoms with van der Waals surface area (Å²) in [6.45, 7) is 5.96. The Labute approximate surface area is 173 Å². The van der Waals surface area contributed by atoms with E-state index in [-0.39, 0.29) is 35.7 Å². The van der Waals surface area contributed by atoms with Crippen molar-refractivity contribution in [3.05, 3.63) is 46.5 Å². The van der Waals surface area contributed by atoms with Gasteiger partial charge in [0.05, 0.1) is 31.6 Å². The first-order valence-corrected chi connectivity index (χ1v) is 9.84. The molecule has 4 rings (SSSR count). The molecular weight excluding hydrogens is 394 g/mol. The van der Waals surface area contributed by atoms with Gasteiger partial charge in [-0.15, -0.1) is 6.58 Å². The van der Waals surface area contributed by atoms with E-state index in [1.54, 1.807) is 12.1 Å². The lowest BCUT2D eigenvalue weighted by molar-refractivity contribution is -0.883. The zero-order valence-electron chi connectivity index (χ0n) is 16.0. The van der Waals surface area contributed by atoms with Gasteiger partial charge in [-0.3, -0.25) is 24.6 Å². The van der Waals surface area contributed by atoms with Crippen molar-refractivity contribution < 1.29 is 19.4 Å². The van der Waals surface area contributed by atoms with Crippen molar-refractivity contribution in [2.45, 2.75) is 12.5 Å². The number of carbonyl (C=O) groups excluding carboxylic acids is 2. The summed E-state index contributed by atoms with van der Waals surface area (Å²) < 4.78 is 0. The van der Waals surface area contributed by atoms with Crippen molar-refractivity contribution in [2.24, 2.45) is 5.41 Å². The fourth-order valence-corrected chi connectivity index (χ4v) is 4.96. The standard InChI is InChI=1S/C19H21N5O4S/c1-3-6-23-17(26)19(16(25)20-18(23)29)10-12-9-13(24(27)28)4-5-14(12)22-8-7-21(2)11-15(19)22/h3-5,9,15H,1,6-8,10-11H2,2H3,(H,20,25,29)/p+1/t15-,19+/m0/s1. The van der Waals surface area contributed by atoms with Crippen LogP contribution in [-0.2, 0) is 16.0 Å². The number of nitrogens with one attached hydrogen (secondary N) is 2. The van der Waals surface area contributed by atoms with Crippen LogP contribution >= 0.6 is 12.2 Å². The normalized spacial score (nSPS) is 28.7. The first kappa shape index (κ1) is 19.5. The van der Waals surface area contributed by atoms with Crippen LogP contribution in [0.3, 0.4) is 0 Å². The molecule has 1 spiro atoms. The predicted octanol–water partition coefficient (Wildman–Crippen LogP) is -0.730. The van der Waals surface area contributed by atoms with Crippen LogP contribution in [0.1, 0.15) is 5.56 Å². The number of benzene rings is 1.